The summed E-state index contributed by atoms with van der Waals surface area (Å²) in [7, 11) is 0. The Morgan fingerprint density at radius 1 is 0.800 bits per heavy atom. The second-order valence-corrected chi connectivity index (χ2v) is 2.88. The number of hydrogen-bond acceptors (Lipinski definition) is 0. The summed E-state index contributed by atoms with van der Waals surface area (Å²) in [6.45, 7) is 5.25. The molecule has 1 aliphatic rings. The molecule has 0 amide bonds. The lowest BCUT2D eigenvalue weighted by Gasteiger charge is -1.85. The van der Waals surface area contributed by atoms with Gasteiger partial charge in [0.1, 0.15) is 0 Å². The summed E-state index contributed by atoms with van der Waals surface area (Å²) in [4.78, 5) is 0. The standard InChI is InChI=1S/C7H14.C3H6/c1-2-4-6-7-5-3-1;1-3-2/h1-7H2;3H,1H2,2H3. The molecule has 0 saturated heterocycles. The highest BCUT2D eigenvalue weighted by molar-refractivity contribution is 4.51. The van der Waals surface area contributed by atoms with Gasteiger partial charge in [0.15, 0.2) is 0 Å². The molecule has 0 radical (unpaired) electrons. The second-order valence-electron chi connectivity index (χ2n) is 2.88. The van der Waals surface area contributed by atoms with E-state index in [1.807, 2.05) is 6.92 Å². The fourth-order valence-corrected chi connectivity index (χ4v) is 1.24. The minimum absolute atomic E-state index is 1.50. The second kappa shape index (κ2) is 8.74. The monoisotopic (exact) mass is 140 g/mol. The third-order valence-corrected chi connectivity index (χ3v) is 1.75. The molecule has 0 atom stereocenters. The minimum Gasteiger partial charge on any atom is -0.103 e. The summed E-state index contributed by atoms with van der Waals surface area (Å²) in [6.07, 6.45) is 12.2. The van der Waals surface area contributed by atoms with Crippen LogP contribution >= 0.6 is 0 Å². The zero-order valence-corrected chi connectivity index (χ0v) is 7.23. The zero-order valence-electron chi connectivity index (χ0n) is 7.23. The average Bonchev–Trinajstić information content (AvgIpc) is 2.17. The quantitative estimate of drug-likeness (QED) is 0.353. The summed E-state index contributed by atoms with van der Waals surface area (Å²) in [6, 6.07) is 0. The summed E-state index contributed by atoms with van der Waals surface area (Å²) in [5.41, 5.74) is 0. The third-order valence-electron chi connectivity index (χ3n) is 1.75. The molecule has 0 spiro atoms. The fraction of sp³-hybridized carbons (Fsp3) is 0.800. The van der Waals surface area contributed by atoms with Crippen LogP contribution in [-0.4, -0.2) is 0 Å². The van der Waals surface area contributed by atoms with Crippen LogP contribution in [0.15, 0.2) is 12.7 Å². The molecule has 1 fully saturated rings. The Morgan fingerprint density at radius 2 is 0.900 bits per heavy atom. The van der Waals surface area contributed by atoms with E-state index in [1.54, 1.807) is 6.08 Å². The molecule has 0 N–H and O–H groups in total. The van der Waals surface area contributed by atoms with Crippen LogP contribution in [0.4, 0.5) is 0 Å². The van der Waals surface area contributed by atoms with Gasteiger partial charge < -0.3 is 0 Å². The number of hydrogen-bond donors (Lipinski definition) is 0. The van der Waals surface area contributed by atoms with Gasteiger partial charge in [-0.05, 0) is 6.92 Å². The van der Waals surface area contributed by atoms with Crippen molar-refractivity contribution in [1.82, 2.24) is 0 Å². The van der Waals surface area contributed by atoms with Crippen molar-refractivity contribution < 1.29 is 0 Å². The lowest BCUT2D eigenvalue weighted by Crippen LogP contribution is -1.66. The fourth-order valence-electron chi connectivity index (χ4n) is 1.24. The predicted molar refractivity (Wildman–Crippen MR) is 48.2 cm³/mol. The van der Waals surface area contributed by atoms with Gasteiger partial charge in [0.2, 0.25) is 0 Å². The van der Waals surface area contributed by atoms with Crippen LogP contribution in [0.25, 0.3) is 0 Å². The van der Waals surface area contributed by atoms with E-state index >= 15 is 0 Å². The van der Waals surface area contributed by atoms with E-state index in [4.69, 9.17) is 0 Å². The van der Waals surface area contributed by atoms with Crippen molar-refractivity contribution in [3.63, 3.8) is 0 Å². The summed E-state index contributed by atoms with van der Waals surface area (Å²) >= 11 is 0. The first kappa shape index (κ1) is 9.74. The van der Waals surface area contributed by atoms with Crippen molar-refractivity contribution in [1.29, 1.82) is 0 Å². The van der Waals surface area contributed by atoms with Gasteiger partial charge in [0.05, 0.1) is 0 Å². The minimum atomic E-state index is 1.50. The van der Waals surface area contributed by atoms with Gasteiger partial charge >= 0.3 is 0 Å². The molecule has 0 nitrogen and oxygen atoms in total. The number of allylic oxidation sites excluding steroid dienone is 1. The average molecular weight is 140 g/mol. The van der Waals surface area contributed by atoms with E-state index in [2.05, 4.69) is 6.58 Å². The molecule has 0 heterocycles. The molecule has 0 aromatic heterocycles. The van der Waals surface area contributed by atoms with Gasteiger partial charge in [-0.15, -0.1) is 6.58 Å². The Labute approximate surface area is 65.3 Å². The van der Waals surface area contributed by atoms with Crippen LogP contribution < -0.4 is 0 Å². The van der Waals surface area contributed by atoms with Gasteiger partial charge in [-0.25, -0.2) is 0 Å². The van der Waals surface area contributed by atoms with Gasteiger partial charge in [-0.1, -0.05) is 51.0 Å². The lowest BCUT2D eigenvalue weighted by molar-refractivity contribution is 0.702. The highest BCUT2D eigenvalue weighted by Gasteiger charge is 1.95. The van der Waals surface area contributed by atoms with Gasteiger partial charge in [-0.2, -0.15) is 0 Å². The Balaban J connectivity index is 0.000000236. The molecule has 1 saturated carbocycles. The van der Waals surface area contributed by atoms with E-state index in [-0.39, 0.29) is 0 Å². The van der Waals surface area contributed by atoms with Crippen molar-refractivity contribution >= 4 is 0 Å². The predicted octanol–water partition coefficient (Wildman–Crippen LogP) is 3.92. The topological polar surface area (TPSA) is 0 Å². The molecule has 10 heavy (non-hydrogen) atoms. The van der Waals surface area contributed by atoms with E-state index in [0.717, 1.165) is 0 Å². The normalized spacial score (nSPS) is 18.1. The summed E-state index contributed by atoms with van der Waals surface area (Å²) in [5.74, 6) is 0. The maximum atomic E-state index is 3.36. The first-order valence-electron chi connectivity index (χ1n) is 4.49. The SMILES string of the molecule is C1CCCCCC1.C=CC. The first-order chi connectivity index (χ1) is 4.91. The van der Waals surface area contributed by atoms with Crippen LogP contribution in [0.3, 0.4) is 0 Å². The first-order valence-corrected chi connectivity index (χ1v) is 4.49. The Kier molecular flexibility index (Phi) is 8.51. The Bertz CT molecular complexity index is 44.8. The highest BCUT2D eigenvalue weighted by Crippen LogP contribution is 2.15. The molecule has 60 valence electrons. The molecule has 0 aliphatic heterocycles. The highest BCUT2D eigenvalue weighted by atomic mass is 14.0. The molecule has 0 heteroatoms. The van der Waals surface area contributed by atoms with E-state index < -0.39 is 0 Å². The Morgan fingerprint density at radius 3 is 1.00 bits per heavy atom. The lowest BCUT2D eigenvalue weighted by atomic mass is 10.2. The van der Waals surface area contributed by atoms with Crippen molar-refractivity contribution in [2.45, 2.75) is 51.9 Å². The smallest absolute Gasteiger partial charge is 0.0473 e. The molecule has 1 aliphatic carbocycles. The maximum Gasteiger partial charge on any atom is -0.0473 e. The van der Waals surface area contributed by atoms with Crippen molar-refractivity contribution in [2.24, 2.45) is 0 Å². The number of rotatable bonds is 0. The van der Waals surface area contributed by atoms with Gasteiger partial charge in [0, 0.05) is 0 Å². The van der Waals surface area contributed by atoms with Gasteiger partial charge in [-0.3, -0.25) is 0 Å². The molecule has 0 bridgehead atoms. The van der Waals surface area contributed by atoms with Gasteiger partial charge in [0.25, 0.3) is 0 Å². The largest absolute Gasteiger partial charge is 0.103 e. The summed E-state index contributed by atoms with van der Waals surface area (Å²) < 4.78 is 0. The van der Waals surface area contributed by atoms with Crippen LogP contribution in [0.2, 0.25) is 0 Å². The van der Waals surface area contributed by atoms with Crippen molar-refractivity contribution in [2.75, 3.05) is 0 Å². The molecular weight excluding hydrogens is 120 g/mol. The molecule has 0 aromatic carbocycles. The van der Waals surface area contributed by atoms with Crippen LogP contribution in [0, 0.1) is 0 Å². The zero-order chi connectivity index (χ0) is 7.66. The maximum absolute atomic E-state index is 3.36. The van der Waals surface area contributed by atoms with E-state index in [9.17, 15) is 0 Å². The Hall–Kier alpha value is -0.260. The van der Waals surface area contributed by atoms with Crippen LogP contribution in [-0.2, 0) is 0 Å². The van der Waals surface area contributed by atoms with Crippen molar-refractivity contribution in [3.05, 3.63) is 12.7 Å². The summed E-state index contributed by atoms with van der Waals surface area (Å²) in [5, 5.41) is 0. The third kappa shape index (κ3) is 7.74. The van der Waals surface area contributed by atoms with Crippen molar-refractivity contribution in [3.8, 4) is 0 Å². The molecule has 0 unspecified atom stereocenters. The molecule has 0 aromatic rings. The van der Waals surface area contributed by atoms with Crippen LogP contribution in [0.1, 0.15) is 51.9 Å². The molecule has 1 rings (SSSR count). The van der Waals surface area contributed by atoms with E-state index in [0.29, 0.717) is 0 Å². The van der Waals surface area contributed by atoms with E-state index in [1.165, 1.54) is 44.9 Å². The van der Waals surface area contributed by atoms with Crippen LogP contribution in [0.5, 0.6) is 0 Å². The molecular formula is C10H20.